The maximum absolute atomic E-state index is 10.3. The molecule has 1 aliphatic heterocycles. The van der Waals surface area contributed by atoms with Crippen molar-refractivity contribution in [2.75, 3.05) is 0 Å². The van der Waals surface area contributed by atoms with Crippen LogP contribution in [0.25, 0.3) is 0 Å². The van der Waals surface area contributed by atoms with E-state index in [1.54, 1.807) is 36.4 Å². The Balaban J connectivity index is 2.01. The van der Waals surface area contributed by atoms with Gasteiger partial charge in [-0.05, 0) is 30.3 Å². The summed E-state index contributed by atoms with van der Waals surface area (Å²) in [4.78, 5) is 0. The second kappa shape index (κ2) is 5.45. The summed E-state index contributed by atoms with van der Waals surface area (Å²) in [6.07, 6.45) is -0.647. The van der Waals surface area contributed by atoms with Crippen molar-refractivity contribution < 1.29 is 9.84 Å². The van der Waals surface area contributed by atoms with Gasteiger partial charge in [0, 0.05) is 32.6 Å². The standard InChI is InChI=1S/C15H11Cl3O2/c16-8-4-5-13-9(6-8)12(19)7-14(20-13)15-10(17)2-1-3-11(15)18/h1-6,12,14,19H,7H2/t12-,14?/m0/s1. The highest BCUT2D eigenvalue weighted by Crippen LogP contribution is 2.44. The summed E-state index contributed by atoms with van der Waals surface area (Å²) in [7, 11) is 0. The summed E-state index contributed by atoms with van der Waals surface area (Å²) < 4.78 is 5.92. The molecule has 20 heavy (non-hydrogen) atoms. The topological polar surface area (TPSA) is 29.5 Å². The van der Waals surface area contributed by atoms with Crippen molar-refractivity contribution in [3.63, 3.8) is 0 Å². The highest BCUT2D eigenvalue weighted by Gasteiger charge is 2.30. The number of halogens is 3. The van der Waals surface area contributed by atoms with Gasteiger partial charge in [0.05, 0.1) is 6.10 Å². The average molecular weight is 330 g/mol. The molecule has 0 aromatic heterocycles. The SMILES string of the molecule is O[C@H]1CC(c2c(Cl)cccc2Cl)Oc2ccc(Cl)cc21. The molecule has 1 aliphatic rings. The summed E-state index contributed by atoms with van der Waals surface area (Å²) in [6, 6.07) is 10.5. The van der Waals surface area contributed by atoms with Crippen LogP contribution >= 0.6 is 34.8 Å². The van der Waals surface area contributed by atoms with E-state index >= 15 is 0 Å². The van der Waals surface area contributed by atoms with Gasteiger partial charge in [-0.1, -0.05) is 40.9 Å². The van der Waals surface area contributed by atoms with Crippen LogP contribution in [0.5, 0.6) is 5.75 Å². The van der Waals surface area contributed by atoms with E-state index in [1.807, 2.05) is 0 Å². The van der Waals surface area contributed by atoms with Crippen LogP contribution in [0, 0.1) is 0 Å². The van der Waals surface area contributed by atoms with E-state index in [4.69, 9.17) is 39.5 Å². The molecule has 2 aromatic carbocycles. The highest BCUT2D eigenvalue weighted by atomic mass is 35.5. The van der Waals surface area contributed by atoms with Crippen LogP contribution in [-0.4, -0.2) is 5.11 Å². The van der Waals surface area contributed by atoms with Gasteiger partial charge in [-0.2, -0.15) is 0 Å². The Morgan fingerprint density at radius 1 is 1.05 bits per heavy atom. The molecule has 1 unspecified atom stereocenters. The van der Waals surface area contributed by atoms with Crippen molar-refractivity contribution in [1.82, 2.24) is 0 Å². The average Bonchev–Trinajstić information content (AvgIpc) is 2.39. The van der Waals surface area contributed by atoms with Gasteiger partial charge in [-0.25, -0.2) is 0 Å². The number of ether oxygens (including phenoxy) is 1. The third kappa shape index (κ3) is 2.49. The van der Waals surface area contributed by atoms with E-state index in [1.165, 1.54) is 0 Å². The number of benzene rings is 2. The predicted octanol–water partition coefficient (Wildman–Crippen LogP) is 5.20. The second-order valence-corrected chi connectivity index (χ2v) is 5.93. The molecule has 5 heteroatoms. The van der Waals surface area contributed by atoms with E-state index < -0.39 is 6.10 Å². The normalized spacial score (nSPS) is 21.2. The Labute approximate surface area is 131 Å². The fraction of sp³-hybridized carbons (Fsp3) is 0.200. The van der Waals surface area contributed by atoms with Crippen LogP contribution in [0.4, 0.5) is 0 Å². The number of rotatable bonds is 1. The van der Waals surface area contributed by atoms with E-state index in [9.17, 15) is 5.11 Å². The first-order valence-corrected chi connectivity index (χ1v) is 7.27. The van der Waals surface area contributed by atoms with Crippen LogP contribution < -0.4 is 4.74 Å². The minimum absolute atomic E-state index is 0.375. The molecule has 2 aromatic rings. The van der Waals surface area contributed by atoms with E-state index in [-0.39, 0.29) is 6.10 Å². The molecule has 2 nitrogen and oxygen atoms in total. The molecule has 2 atom stereocenters. The van der Waals surface area contributed by atoms with Crippen molar-refractivity contribution in [2.24, 2.45) is 0 Å². The minimum atomic E-state index is -0.658. The van der Waals surface area contributed by atoms with Gasteiger partial charge in [0.15, 0.2) is 0 Å². The third-order valence-electron chi connectivity index (χ3n) is 3.36. The fourth-order valence-corrected chi connectivity index (χ4v) is 3.23. The van der Waals surface area contributed by atoms with Crippen LogP contribution in [0.15, 0.2) is 36.4 Å². The first-order chi connectivity index (χ1) is 9.56. The van der Waals surface area contributed by atoms with Gasteiger partial charge >= 0.3 is 0 Å². The molecule has 104 valence electrons. The maximum Gasteiger partial charge on any atom is 0.129 e. The fourth-order valence-electron chi connectivity index (χ4n) is 2.41. The van der Waals surface area contributed by atoms with Gasteiger partial charge in [0.1, 0.15) is 11.9 Å². The van der Waals surface area contributed by atoms with E-state index in [0.29, 0.717) is 38.4 Å². The Bertz CT molecular complexity index is 637. The molecular formula is C15H11Cl3O2. The smallest absolute Gasteiger partial charge is 0.129 e. The Morgan fingerprint density at radius 2 is 1.75 bits per heavy atom. The molecule has 1 heterocycles. The van der Waals surface area contributed by atoms with E-state index in [2.05, 4.69) is 0 Å². The minimum Gasteiger partial charge on any atom is -0.485 e. The van der Waals surface area contributed by atoms with Gasteiger partial charge in [0.2, 0.25) is 0 Å². The lowest BCUT2D eigenvalue weighted by Crippen LogP contribution is -2.19. The number of aliphatic hydroxyl groups excluding tert-OH is 1. The number of fused-ring (bicyclic) bond motifs is 1. The van der Waals surface area contributed by atoms with Gasteiger partial charge in [0.25, 0.3) is 0 Å². The highest BCUT2D eigenvalue weighted by molar-refractivity contribution is 6.36. The third-order valence-corrected chi connectivity index (χ3v) is 4.25. The molecule has 0 radical (unpaired) electrons. The lowest BCUT2D eigenvalue weighted by molar-refractivity contribution is 0.0658. The van der Waals surface area contributed by atoms with Crippen molar-refractivity contribution in [1.29, 1.82) is 0 Å². The van der Waals surface area contributed by atoms with Crippen LogP contribution in [0.1, 0.15) is 29.8 Å². The van der Waals surface area contributed by atoms with Crippen molar-refractivity contribution in [2.45, 2.75) is 18.6 Å². The van der Waals surface area contributed by atoms with E-state index in [0.717, 1.165) is 0 Å². The van der Waals surface area contributed by atoms with Crippen LogP contribution in [0.2, 0.25) is 15.1 Å². The van der Waals surface area contributed by atoms with Crippen molar-refractivity contribution in [3.05, 3.63) is 62.6 Å². The van der Waals surface area contributed by atoms with Gasteiger partial charge < -0.3 is 9.84 Å². The van der Waals surface area contributed by atoms with Gasteiger partial charge in [-0.15, -0.1) is 0 Å². The quantitative estimate of drug-likeness (QED) is 0.779. The summed E-state index contributed by atoms with van der Waals surface area (Å²) in [5.74, 6) is 0.606. The van der Waals surface area contributed by atoms with Crippen LogP contribution in [0.3, 0.4) is 0 Å². The number of hydrogen-bond acceptors (Lipinski definition) is 2. The summed E-state index contributed by atoms with van der Waals surface area (Å²) >= 11 is 18.3. The molecule has 0 spiro atoms. The molecule has 3 rings (SSSR count). The molecule has 1 N–H and O–H groups in total. The molecule has 0 saturated carbocycles. The molecule has 0 bridgehead atoms. The monoisotopic (exact) mass is 328 g/mol. The first-order valence-electron chi connectivity index (χ1n) is 6.14. The summed E-state index contributed by atoms with van der Waals surface area (Å²) in [6.45, 7) is 0. The Kier molecular flexibility index (Phi) is 3.83. The molecule has 0 fully saturated rings. The number of aliphatic hydroxyl groups is 1. The zero-order valence-electron chi connectivity index (χ0n) is 10.3. The van der Waals surface area contributed by atoms with Gasteiger partial charge in [-0.3, -0.25) is 0 Å². The van der Waals surface area contributed by atoms with Crippen molar-refractivity contribution in [3.8, 4) is 5.75 Å². The van der Waals surface area contributed by atoms with Crippen molar-refractivity contribution >= 4 is 34.8 Å². The maximum atomic E-state index is 10.3. The second-order valence-electron chi connectivity index (χ2n) is 4.68. The zero-order chi connectivity index (χ0) is 14.3. The predicted molar refractivity (Wildman–Crippen MR) is 80.9 cm³/mol. The lowest BCUT2D eigenvalue weighted by atomic mass is 9.95. The molecular weight excluding hydrogens is 319 g/mol. The molecule has 0 aliphatic carbocycles. The zero-order valence-corrected chi connectivity index (χ0v) is 12.6. The van der Waals surface area contributed by atoms with Crippen LogP contribution in [-0.2, 0) is 0 Å². The Morgan fingerprint density at radius 3 is 2.45 bits per heavy atom. The summed E-state index contributed by atoms with van der Waals surface area (Å²) in [5, 5.41) is 11.9. The Hall–Kier alpha value is -0.930. The molecule has 0 amide bonds. The number of hydrogen-bond donors (Lipinski definition) is 1. The lowest BCUT2D eigenvalue weighted by Gasteiger charge is -2.30. The largest absolute Gasteiger partial charge is 0.485 e. The first kappa shape index (κ1) is 14.0. The summed E-state index contributed by atoms with van der Waals surface area (Å²) in [5.41, 5.74) is 1.40. The molecule has 0 saturated heterocycles.